The van der Waals surface area contributed by atoms with Gasteiger partial charge in [0.2, 0.25) is 0 Å². The van der Waals surface area contributed by atoms with Gasteiger partial charge in [-0.25, -0.2) is 0 Å². The third-order valence-corrected chi connectivity index (χ3v) is 9.70. The van der Waals surface area contributed by atoms with Crippen molar-refractivity contribution in [2.45, 2.75) is 50.1 Å². The molecule has 0 spiro atoms. The highest BCUT2D eigenvalue weighted by atomic mass is 16.5. The van der Waals surface area contributed by atoms with Crippen LogP contribution in [0.3, 0.4) is 0 Å². The molecule has 6 aliphatic carbocycles. The second kappa shape index (κ2) is 2.65. The van der Waals surface area contributed by atoms with E-state index in [1.807, 2.05) is 0 Å². The fraction of sp³-hybridized carbons (Fsp3) is 1.00. The largest absolute Gasteiger partial charge is 0.374 e. The van der Waals surface area contributed by atoms with Crippen LogP contribution in [-0.2, 0) is 9.47 Å². The lowest BCUT2D eigenvalue weighted by molar-refractivity contribution is -0.0316. The highest BCUT2D eigenvalue weighted by molar-refractivity contribution is 5.29. The van der Waals surface area contributed by atoms with Gasteiger partial charge in [-0.1, -0.05) is 0 Å². The van der Waals surface area contributed by atoms with E-state index in [0.29, 0.717) is 24.4 Å². The lowest BCUT2D eigenvalue weighted by Gasteiger charge is -2.25. The van der Waals surface area contributed by atoms with Crippen LogP contribution < -0.4 is 0 Å². The fourth-order valence-electron chi connectivity index (χ4n) is 10.0. The Morgan fingerprint density at radius 2 is 0.950 bits per heavy atom. The van der Waals surface area contributed by atoms with Crippen LogP contribution in [0.2, 0.25) is 0 Å². The van der Waals surface area contributed by atoms with E-state index in [0.717, 1.165) is 59.2 Å². The summed E-state index contributed by atoms with van der Waals surface area (Å²) in [5.41, 5.74) is 0. The Kier molecular flexibility index (Phi) is 1.30. The van der Waals surface area contributed by atoms with Gasteiger partial charge in [0.1, 0.15) is 0 Å². The van der Waals surface area contributed by atoms with E-state index in [1.165, 1.54) is 25.7 Å². The molecule has 2 nitrogen and oxygen atoms in total. The zero-order valence-electron chi connectivity index (χ0n) is 11.7. The SMILES string of the molecule is C1C[C@@H]2O[C@H]3[C@@H]4[C@H]5[C@H]6[C@@H]7[C@H](O[C@@H]8CC[C@@H]([C@H]36)[C@@H]78)[C@@H]5[C@H]1[C@@H]42. The molecular formula is C18H22O2. The molecule has 0 unspecified atom stereocenters. The highest BCUT2D eigenvalue weighted by Crippen LogP contribution is 2.81. The van der Waals surface area contributed by atoms with Crippen LogP contribution in [0.15, 0.2) is 0 Å². The molecule has 20 heavy (non-hydrogen) atoms. The molecule has 0 aromatic carbocycles. The van der Waals surface area contributed by atoms with E-state index in [4.69, 9.17) is 9.47 Å². The monoisotopic (exact) mass is 270 g/mol. The molecule has 106 valence electrons. The third kappa shape index (κ3) is 0.695. The minimum atomic E-state index is 0.663. The number of hydrogen-bond acceptors (Lipinski definition) is 2. The molecule has 0 bridgehead atoms. The van der Waals surface area contributed by atoms with Crippen LogP contribution in [-0.4, -0.2) is 24.4 Å². The molecule has 8 fully saturated rings. The van der Waals surface area contributed by atoms with Gasteiger partial charge in [-0.3, -0.25) is 0 Å². The number of rotatable bonds is 0. The lowest BCUT2D eigenvalue weighted by Crippen LogP contribution is -2.28. The minimum Gasteiger partial charge on any atom is -0.374 e. The summed E-state index contributed by atoms with van der Waals surface area (Å²) in [6.45, 7) is 0. The molecule has 0 N–H and O–H groups in total. The quantitative estimate of drug-likeness (QED) is 0.672. The highest BCUT2D eigenvalue weighted by Gasteiger charge is 2.82. The molecular weight excluding hydrogens is 248 g/mol. The van der Waals surface area contributed by atoms with E-state index < -0.39 is 0 Å². The molecule has 2 saturated heterocycles. The van der Waals surface area contributed by atoms with Gasteiger partial charge in [-0.2, -0.15) is 0 Å². The minimum absolute atomic E-state index is 0.663. The Bertz CT molecular complexity index is 494. The summed E-state index contributed by atoms with van der Waals surface area (Å²) in [5, 5.41) is 0. The van der Waals surface area contributed by atoms with Crippen molar-refractivity contribution in [2.24, 2.45) is 59.2 Å². The second-order valence-corrected chi connectivity index (χ2v) is 9.38. The Morgan fingerprint density at radius 3 is 1.45 bits per heavy atom. The van der Waals surface area contributed by atoms with Crippen molar-refractivity contribution in [3.8, 4) is 0 Å². The van der Waals surface area contributed by atoms with Gasteiger partial charge in [0.05, 0.1) is 24.4 Å². The zero-order chi connectivity index (χ0) is 12.3. The summed E-state index contributed by atoms with van der Waals surface area (Å²) in [4.78, 5) is 0. The van der Waals surface area contributed by atoms with E-state index in [9.17, 15) is 0 Å². The van der Waals surface area contributed by atoms with Crippen LogP contribution in [0.4, 0.5) is 0 Å². The normalized spacial score (nSPS) is 82.8. The summed E-state index contributed by atoms with van der Waals surface area (Å²) in [6, 6.07) is 0. The molecule has 0 aromatic heterocycles. The van der Waals surface area contributed by atoms with Gasteiger partial charge in [0, 0.05) is 0 Å². The maximum atomic E-state index is 6.71. The average Bonchev–Trinajstić information content (AvgIpc) is 3.17. The van der Waals surface area contributed by atoms with Gasteiger partial charge < -0.3 is 9.47 Å². The van der Waals surface area contributed by atoms with Crippen LogP contribution in [0, 0.1) is 59.2 Å². The summed E-state index contributed by atoms with van der Waals surface area (Å²) < 4.78 is 13.4. The first-order chi connectivity index (χ1) is 9.93. The standard InChI is InChI=1S/C18H22O2/c1-3-7-9-5(1)11-13-14-12(18(19-7)15(9)13)6-2-4-8-10(6)16(14)17(11)20-8/h5-18H,1-4H2/t5-,6-,7-,8+,9-,10-,11+,12-,13+,14-,15-,16+,17-,18-/m1/s1. The van der Waals surface area contributed by atoms with Crippen LogP contribution in [0.1, 0.15) is 25.7 Å². The summed E-state index contributed by atoms with van der Waals surface area (Å²) in [5.74, 6) is 9.86. The van der Waals surface area contributed by atoms with Crippen LogP contribution in [0.5, 0.6) is 0 Å². The predicted molar refractivity (Wildman–Crippen MR) is 70.7 cm³/mol. The first-order valence-electron chi connectivity index (χ1n) is 9.24. The molecule has 0 radical (unpaired) electrons. The Balaban J connectivity index is 1.43. The van der Waals surface area contributed by atoms with Gasteiger partial charge >= 0.3 is 0 Å². The lowest BCUT2D eigenvalue weighted by atomic mass is 9.79. The van der Waals surface area contributed by atoms with Crippen molar-refractivity contribution in [3.05, 3.63) is 0 Å². The second-order valence-electron chi connectivity index (χ2n) is 9.38. The topological polar surface area (TPSA) is 18.5 Å². The van der Waals surface area contributed by atoms with Gasteiger partial charge in [0.15, 0.2) is 0 Å². The van der Waals surface area contributed by atoms with E-state index >= 15 is 0 Å². The molecule has 14 atom stereocenters. The molecule has 2 heteroatoms. The maximum Gasteiger partial charge on any atom is 0.0647 e. The van der Waals surface area contributed by atoms with Crippen LogP contribution >= 0.6 is 0 Å². The van der Waals surface area contributed by atoms with Crippen molar-refractivity contribution < 1.29 is 9.47 Å². The molecule has 2 aliphatic heterocycles. The molecule has 2 heterocycles. The molecule has 8 aliphatic rings. The van der Waals surface area contributed by atoms with Crippen LogP contribution in [0.25, 0.3) is 0 Å². The zero-order valence-corrected chi connectivity index (χ0v) is 11.7. The maximum absolute atomic E-state index is 6.71. The van der Waals surface area contributed by atoms with E-state index in [-0.39, 0.29) is 0 Å². The molecule has 0 aromatic rings. The molecule has 0 amide bonds. The fourth-order valence-corrected chi connectivity index (χ4v) is 10.0. The van der Waals surface area contributed by atoms with Gasteiger partial charge in [-0.05, 0) is 84.9 Å². The van der Waals surface area contributed by atoms with E-state index in [2.05, 4.69) is 0 Å². The summed E-state index contributed by atoms with van der Waals surface area (Å²) in [6.07, 6.45) is 8.39. The van der Waals surface area contributed by atoms with Crippen molar-refractivity contribution in [1.29, 1.82) is 0 Å². The summed E-state index contributed by atoms with van der Waals surface area (Å²) >= 11 is 0. The Hall–Kier alpha value is -0.0800. The van der Waals surface area contributed by atoms with Crippen molar-refractivity contribution in [2.75, 3.05) is 0 Å². The van der Waals surface area contributed by atoms with Gasteiger partial charge in [-0.15, -0.1) is 0 Å². The molecule has 6 saturated carbocycles. The average molecular weight is 270 g/mol. The predicted octanol–water partition coefficient (Wildman–Crippen LogP) is 2.33. The first-order valence-corrected chi connectivity index (χ1v) is 9.24. The van der Waals surface area contributed by atoms with Crippen molar-refractivity contribution in [1.82, 2.24) is 0 Å². The summed E-state index contributed by atoms with van der Waals surface area (Å²) in [7, 11) is 0. The number of ether oxygens (including phenoxy) is 2. The number of hydrogen-bond donors (Lipinski definition) is 0. The Labute approximate surface area is 119 Å². The van der Waals surface area contributed by atoms with E-state index in [1.54, 1.807) is 0 Å². The third-order valence-electron chi connectivity index (χ3n) is 9.70. The van der Waals surface area contributed by atoms with Gasteiger partial charge in [0.25, 0.3) is 0 Å². The number of fused-ring (bicyclic) bond motifs is 4. The smallest absolute Gasteiger partial charge is 0.0647 e. The Morgan fingerprint density at radius 1 is 0.450 bits per heavy atom. The first kappa shape index (κ1) is 9.84. The van der Waals surface area contributed by atoms with Crippen molar-refractivity contribution >= 4 is 0 Å². The molecule has 8 rings (SSSR count). The van der Waals surface area contributed by atoms with Crippen molar-refractivity contribution in [3.63, 3.8) is 0 Å².